The molecule has 0 saturated carbocycles. The molecule has 1 aliphatic heterocycles. The van der Waals surface area contributed by atoms with Crippen molar-refractivity contribution in [1.29, 1.82) is 0 Å². The smallest absolute Gasteiger partial charge is 0.118 e. The first-order chi connectivity index (χ1) is 5.88. The summed E-state index contributed by atoms with van der Waals surface area (Å²) in [5.74, 6) is 0. The third-order valence-corrected chi connectivity index (χ3v) is 1.69. The number of nitrogens with two attached hydrogens (primary N) is 1. The van der Waals surface area contributed by atoms with E-state index in [2.05, 4.69) is 5.10 Å². The van der Waals surface area contributed by atoms with Crippen molar-refractivity contribution in [1.82, 2.24) is 9.89 Å². The molecule has 1 atom stereocenters. The molecule has 0 radical (unpaired) electrons. The number of hydrogen-bond donors (Lipinski definition) is 1. The second-order valence-corrected chi connectivity index (χ2v) is 2.52. The summed E-state index contributed by atoms with van der Waals surface area (Å²) in [4.78, 5) is 1.70. The molecule has 0 amide bonds. The van der Waals surface area contributed by atoms with Gasteiger partial charge in [0.15, 0.2) is 0 Å². The van der Waals surface area contributed by atoms with Crippen molar-refractivity contribution in [3.63, 3.8) is 0 Å². The van der Waals surface area contributed by atoms with Crippen LogP contribution >= 0.6 is 0 Å². The van der Waals surface area contributed by atoms with E-state index in [1.54, 1.807) is 11.0 Å². The average Bonchev–Trinajstić information content (AvgIpc) is 2.57. The zero-order valence-electron chi connectivity index (χ0n) is 6.54. The van der Waals surface area contributed by atoms with Crippen LogP contribution in [-0.2, 0) is 0 Å². The van der Waals surface area contributed by atoms with Crippen LogP contribution in [0.3, 0.4) is 0 Å². The van der Waals surface area contributed by atoms with Crippen LogP contribution in [0.15, 0.2) is 42.9 Å². The van der Waals surface area contributed by atoms with Crippen LogP contribution in [0.25, 0.3) is 0 Å². The highest BCUT2D eigenvalue weighted by molar-refractivity contribution is 5.21. The zero-order valence-corrected chi connectivity index (χ0v) is 6.54. The summed E-state index contributed by atoms with van der Waals surface area (Å²) < 4.78 is 0. The minimum atomic E-state index is -0.130. The molecular weight excluding hydrogens is 152 g/mol. The van der Waals surface area contributed by atoms with E-state index in [0.717, 1.165) is 0 Å². The molecule has 0 aromatic carbocycles. The van der Waals surface area contributed by atoms with Crippen molar-refractivity contribution in [2.24, 2.45) is 5.73 Å². The topological polar surface area (TPSA) is 47.1 Å². The fraction of sp³-hybridized carbons (Fsp3) is 0.125. The Balaban J connectivity index is 2.25. The van der Waals surface area contributed by atoms with Gasteiger partial charge in [0.1, 0.15) is 6.17 Å². The minimum Gasteiger partial charge on any atom is -0.306 e. The van der Waals surface area contributed by atoms with E-state index < -0.39 is 0 Å². The maximum atomic E-state index is 5.80. The molecule has 0 aliphatic carbocycles. The normalized spacial score (nSPS) is 21.8. The molecule has 1 aromatic heterocycles. The zero-order chi connectivity index (χ0) is 8.39. The Bertz CT molecular complexity index is 299. The van der Waals surface area contributed by atoms with Gasteiger partial charge in [-0.2, -0.15) is 9.89 Å². The first-order valence-electron chi connectivity index (χ1n) is 3.77. The molecule has 0 unspecified atom stereocenters. The van der Waals surface area contributed by atoms with Crippen LogP contribution in [0.4, 0.5) is 0 Å². The Morgan fingerprint density at radius 2 is 2.25 bits per heavy atom. The molecule has 0 saturated heterocycles. The predicted molar refractivity (Wildman–Crippen MR) is 46.7 cm³/mol. The summed E-state index contributed by atoms with van der Waals surface area (Å²) in [6, 6.07) is 1.86. The monoisotopic (exact) mass is 162 g/mol. The van der Waals surface area contributed by atoms with Gasteiger partial charge in [-0.05, 0) is 18.2 Å². The minimum absolute atomic E-state index is 0.130. The van der Waals surface area contributed by atoms with Crippen molar-refractivity contribution < 1.29 is 0 Å². The molecule has 0 fully saturated rings. The van der Waals surface area contributed by atoms with E-state index in [-0.39, 0.29) is 6.17 Å². The van der Waals surface area contributed by atoms with Crippen LogP contribution in [0, 0.1) is 0 Å². The number of nitrogens with zero attached hydrogens (tertiary/aromatic N) is 3. The van der Waals surface area contributed by atoms with E-state index in [1.165, 1.54) is 0 Å². The van der Waals surface area contributed by atoms with Crippen LogP contribution in [0.2, 0.25) is 0 Å². The quantitative estimate of drug-likeness (QED) is 0.641. The van der Waals surface area contributed by atoms with Crippen molar-refractivity contribution in [3.05, 3.63) is 42.9 Å². The summed E-state index contributed by atoms with van der Waals surface area (Å²) in [6.07, 6.45) is 11.1. The lowest BCUT2D eigenvalue weighted by Crippen LogP contribution is -2.45. The van der Waals surface area contributed by atoms with Crippen LogP contribution < -0.4 is 10.7 Å². The molecule has 62 valence electrons. The van der Waals surface area contributed by atoms with E-state index in [4.69, 9.17) is 5.73 Å². The van der Waals surface area contributed by atoms with Gasteiger partial charge in [0.2, 0.25) is 0 Å². The maximum absolute atomic E-state index is 5.80. The maximum Gasteiger partial charge on any atom is 0.118 e. The summed E-state index contributed by atoms with van der Waals surface area (Å²) in [7, 11) is 0. The van der Waals surface area contributed by atoms with Gasteiger partial charge in [-0.25, -0.2) is 0 Å². The fourth-order valence-corrected chi connectivity index (χ4v) is 1.11. The highest BCUT2D eigenvalue weighted by atomic mass is 15.7. The van der Waals surface area contributed by atoms with Gasteiger partial charge in [0.25, 0.3) is 0 Å². The molecule has 2 rings (SSSR count). The Kier molecular flexibility index (Phi) is 1.68. The molecule has 2 heterocycles. The number of aromatic nitrogens is 2. The lowest BCUT2D eigenvalue weighted by atomic mass is 10.3. The molecular formula is C8H10N4. The van der Waals surface area contributed by atoms with Gasteiger partial charge in [-0.3, -0.25) is 5.01 Å². The van der Waals surface area contributed by atoms with Crippen LogP contribution in [0.1, 0.15) is 0 Å². The third kappa shape index (κ3) is 1.12. The Labute approximate surface area is 70.5 Å². The largest absolute Gasteiger partial charge is 0.306 e. The highest BCUT2D eigenvalue weighted by Gasteiger charge is 2.10. The third-order valence-electron chi connectivity index (χ3n) is 1.69. The van der Waals surface area contributed by atoms with Crippen molar-refractivity contribution in [2.75, 3.05) is 5.01 Å². The second-order valence-electron chi connectivity index (χ2n) is 2.52. The van der Waals surface area contributed by atoms with Gasteiger partial charge in [0.05, 0.1) is 6.20 Å². The predicted octanol–water partition coefficient (Wildman–Crippen LogP) is 0.189. The van der Waals surface area contributed by atoms with Crippen molar-refractivity contribution >= 4 is 0 Å². The molecule has 2 N–H and O–H groups in total. The average molecular weight is 162 g/mol. The molecule has 0 spiro atoms. The first-order valence-corrected chi connectivity index (χ1v) is 3.77. The molecule has 1 aliphatic rings. The Morgan fingerprint density at radius 3 is 2.92 bits per heavy atom. The Hall–Kier alpha value is -1.55. The van der Waals surface area contributed by atoms with Crippen molar-refractivity contribution in [2.45, 2.75) is 6.17 Å². The molecule has 1 aromatic rings. The summed E-state index contributed by atoms with van der Waals surface area (Å²) in [5.41, 5.74) is 5.80. The number of hydrogen-bond acceptors (Lipinski definition) is 3. The van der Waals surface area contributed by atoms with Crippen LogP contribution in [-0.4, -0.2) is 16.1 Å². The van der Waals surface area contributed by atoms with E-state index in [1.807, 2.05) is 41.7 Å². The molecule has 4 nitrogen and oxygen atoms in total. The van der Waals surface area contributed by atoms with Crippen LogP contribution in [0.5, 0.6) is 0 Å². The Morgan fingerprint density at radius 1 is 1.33 bits per heavy atom. The summed E-state index contributed by atoms with van der Waals surface area (Å²) >= 11 is 0. The standard InChI is InChI=1S/C8H10N4/c9-8-4-1-2-6-11(8)12-7-3-5-10-12/h1-8H,9H2/t8-/m0/s1. The molecule has 12 heavy (non-hydrogen) atoms. The van der Waals surface area contributed by atoms with Gasteiger partial charge < -0.3 is 5.73 Å². The molecule has 4 heteroatoms. The van der Waals surface area contributed by atoms with Gasteiger partial charge in [0, 0.05) is 12.4 Å². The lowest BCUT2D eigenvalue weighted by Gasteiger charge is -2.26. The summed E-state index contributed by atoms with van der Waals surface area (Å²) in [6.45, 7) is 0. The van der Waals surface area contributed by atoms with Gasteiger partial charge >= 0.3 is 0 Å². The van der Waals surface area contributed by atoms with E-state index >= 15 is 0 Å². The first kappa shape index (κ1) is 7.12. The van der Waals surface area contributed by atoms with E-state index in [9.17, 15) is 0 Å². The van der Waals surface area contributed by atoms with E-state index in [0.29, 0.717) is 0 Å². The second kappa shape index (κ2) is 2.83. The lowest BCUT2D eigenvalue weighted by molar-refractivity contribution is 0.556. The number of rotatable bonds is 1. The van der Waals surface area contributed by atoms with Gasteiger partial charge in [-0.1, -0.05) is 6.08 Å². The SMILES string of the molecule is N[C@@H]1C=CC=CN1n1cccn1. The summed E-state index contributed by atoms with van der Waals surface area (Å²) in [5, 5.41) is 5.90. The fourth-order valence-electron chi connectivity index (χ4n) is 1.11. The highest BCUT2D eigenvalue weighted by Crippen LogP contribution is 2.01. The van der Waals surface area contributed by atoms with Gasteiger partial charge in [-0.15, -0.1) is 0 Å². The molecule has 0 bridgehead atoms. The van der Waals surface area contributed by atoms with Crippen molar-refractivity contribution in [3.8, 4) is 0 Å². The number of allylic oxidation sites excluding steroid dienone is 2.